The summed E-state index contributed by atoms with van der Waals surface area (Å²) in [6.45, 7) is 3.50. The Balaban J connectivity index is 2.07. The molecule has 2 aromatic carbocycles. The smallest absolute Gasteiger partial charge is 0.119 e. The van der Waals surface area contributed by atoms with Crippen molar-refractivity contribution in [3.8, 4) is 5.75 Å². The van der Waals surface area contributed by atoms with Gasteiger partial charge in [-0.2, -0.15) is 0 Å². The van der Waals surface area contributed by atoms with Gasteiger partial charge in [0.2, 0.25) is 0 Å². The van der Waals surface area contributed by atoms with Crippen LogP contribution in [-0.4, -0.2) is 13.2 Å². The molecule has 1 unspecified atom stereocenters. The van der Waals surface area contributed by atoms with E-state index in [4.69, 9.17) is 16.3 Å². The lowest BCUT2D eigenvalue weighted by atomic mass is 10.1. The van der Waals surface area contributed by atoms with E-state index in [0.29, 0.717) is 6.61 Å². The first-order chi connectivity index (χ1) is 9.31. The maximum Gasteiger partial charge on any atom is 0.119 e. The number of halogens is 1. The quantitative estimate of drug-likeness (QED) is 0.858. The summed E-state index contributed by atoms with van der Waals surface area (Å²) in [5, 5.41) is 4.17. The molecule has 2 rings (SSSR count). The molecule has 0 aliphatic carbocycles. The molecule has 0 radical (unpaired) electrons. The molecule has 2 nitrogen and oxygen atoms in total. The van der Waals surface area contributed by atoms with Crippen molar-refractivity contribution in [3.05, 3.63) is 65.2 Å². The van der Waals surface area contributed by atoms with Crippen LogP contribution in [0.2, 0.25) is 5.02 Å². The van der Waals surface area contributed by atoms with Gasteiger partial charge in [-0.15, -0.1) is 0 Å². The van der Waals surface area contributed by atoms with Crippen molar-refractivity contribution in [1.29, 1.82) is 0 Å². The van der Waals surface area contributed by atoms with E-state index in [1.54, 1.807) is 0 Å². The van der Waals surface area contributed by atoms with Crippen LogP contribution in [0.4, 0.5) is 0 Å². The molecular formula is C16H18ClNO. The van der Waals surface area contributed by atoms with Gasteiger partial charge in [-0.25, -0.2) is 0 Å². The summed E-state index contributed by atoms with van der Waals surface area (Å²) in [5.41, 5.74) is 1.07. The van der Waals surface area contributed by atoms with Crippen LogP contribution in [-0.2, 0) is 0 Å². The molecular weight excluding hydrogens is 258 g/mol. The molecule has 0 amide bonds. The van der Waals surface area contributed by atoms with Crippen LogP contribution < -0.4 is 10.1 Å². The highest BCUT2D eigenvalue weighted by molar-refractivity contribution is 6.31. The zero-order valence-corrected chi connectivity index (χ0v) is 11.7. The Morgan fingerprint density at radius 3 is 2.42 bits per heavy atom. The van der Waals surface area contributed by atoms with E-state index < -0.39 is 0 Å². The van der Waals surface area contributed by atoms with E-state index >= 15 is 0 Å². The number of hydrogen-bond donors (Lipinski definition) is 1. The molecule has 1 N–H and O–H groups in total. The summed E-state index contributed by atoms with van der Waals surface area (Å²) >= 11 is 6.24. The Bertz CT molecular complexity index is 501. The summed E-state index contributed by atoms with van der Waals surface area (Å²) < 4.78 is 5.81. The number of nitrogens with one attached hydrogen (secondary N) is 1. The third kappa shape index (κ3) is 3.98. The number of benzene rings is 2. The standard InChI is InChI=1S/C16H18ClNO/c1-2-18-16(14-10-6-7-11-15(14)17)12-19-13-8-4-3-5-9-13/h3-11,16,18H,2,12H2,1H3. The Kier molecular flexibility index (Phi) is 5.25. The molecule has 0 aliphatic heterocycles. The predicted octanol–water partition coefficient (Wildman–Crippen LogP) is 4.07. The minimum absolute atomic E-state index is 0.0962. The Morgan fingerprint density at radius 1 is 1.05 bits per heavy atom. The largest absolute Gasteiger partial charge is 0.492 e. The molecule has 0 bridgehead atoms. The lowest BCUT2D eigenvalue weighted by Gasteiger charge is -2.20. The average molecular weight is 276 g/mol. The Hall–Kier alpha value is -1.51. The molecule has 0 aromatic heterocycles. The van der Waals surface area contributed by atoms with Gasteiger partial charge in [0.25, 0.3) is 0 Å². The van der Waals surface area contributed by atoms with Crippen molar-refractivity contribution in [2.24, 2.45) is 0 Å². The normalized spacial score (nSPS) is 12.1. The van der Waals surface area contributed by atoms with Gasteiger partial charge in [0.05, 0.1) is 6.04 Å². The molecule has 19 heavy (non-hydrogen) atoms. The highest BCUT2D eigenvalue weighted by atomic mass is 35.5. The Labute approximate surface area is 119 Å². The minimum Gasteiger partial charge on any atom is -0.492 e. The Morgan fingerprint density at radius 2 is 1.74 bits per heavy atom. The maximum atomic E-state index is 6.24. The molecule has 0 saturated heterocycles. The predicted molar refractivity (Wildman–Crippen MR) is 79.8 cm³/mol. The lowest BCUT2D eigenvalue weighted by Crippen LogP contribution is -2.26. The van der Waals surface area contributed by atoms with Crippen LogP contribution in [0.15, 0.2) is 54.6 Å². The van der Waals surface area contributed by atoms with Gasteiger partial charge in [-0.05, 0) is 30.3 Å². The van der Waals surface area contributed by atoms with Crippen LogP contribution in [0, 0.1) is 0 Å². The van der Waals surface area contributed by atoms with Crippen LogP contribution in [0.1, 0.15) is 18.5 Å². The molecule has 3 heteroatoms. The van der Waals surface area contributed by atoms with Gasteiger partial charge in [-0.1, -0.05) is 54.9 Å². The fraction of sp³-hybridized carbons (Fsp3) is 0.250. The van der Waals surface area contributed by atoms with Crippen LogP contribution in [0.5, 0.6) is 5.75 Å². The molecule has 0 aliphatic rings. The highest BCUT2D eigenvalue weighted by Gasteiger charge is 2.14. The zero-order chi connectivity index (χ0) is 13.5. The monoisotopic (exact) mass is 275 g/mol. The van der Waals surface area contributed by atoms with Crippen molar-refractivity contribution < 1.29 is 4.74 Å². The van der Waals surface area contributed by atoms with Crippen LogP contribution in [0.25, 0.3) is 0 Å². The third-order valence-corrected chi connectivity index (χ3v) is 3.24. The van der Waals surface area contributed by atoms with E-state index in [0.717, 1.165) is 22.9 Å². The molecule has 0 heterocycles. The number of para-hydroxylation sites is 1. The second-order valence-corrected chi connectivity index (χ2v) is 4.66. The number of hydrogen-bond acceptors (Lipinski definition) is 2. The summed E-state index contributed by atoms with van der Waals surface area (Å²) in [7, 11) is 0. The molecule has 100 valence electrons. The van der Waals surface area contributed by atoms with Crippen molar-refractivity contribution in [3.63, 3.8) is 0 Å². The minimum atomic E-state index is 0.0962. The summed E-state index contributed by atoms with van der Waals surface area (Å²) in [5.74, 6) is 0.873. The zero-order valence-electron chi connectivity index (χ0n) is 11.0. The van der Waals surface area contributed by atoms with E-state index in [2.05, 4.69) is 12.2 Å². The lowest BCUT2D eigenvalue weighted by molar-refractivity contribution is 0.268. The van der Waals surface area contributed by atoms with Gasteiger partial charge >= 0.3 is 0 Å². The van der Waals surface area contributed by atoms with Crippen LogP contribution >= 0.6 is 11.6 Å². The first-order valence-electron chi connectivity index (χ1n) is 6.47. The average Bonchev–Trinajstić information content (AvgIpc) is 2.45. The van der Waals surface area contributed by atoms with Crippen molar-refractivity contribution >= 4 is 11.6 Å². The SMILES string of the molecule is CCNC(COc1ccccc1)c1ccccc1Cl. The summed E-state index contributed by atoms with van der Waals surface area (Å²) in [6, 6.07) is 17.8. The number of ether oxygens (including phenoxy) is 1. The van der Waals surface area contributed by atoms with Crippen LogP contribution in [0.3, 0.4) is 0 Å². The fourth-order valence-electron chi connectivity index (χ4n) is 1.96. The molecule has 2 aromatic rings. The maximum absolute atomic E-state index is 6.24. The van der Waals surface area contributed by atoms with Gasteiger partial charge in [0, 0.05) is 5.02 Å². The van der Waals surface area contributed by atoms with E-state index in [1.807, 2.05) is 54.6 Å². The molecule has 0 saturated carbocycles. The number of rotatable bonds is 6. The van der Waals surface area contributed by atoms with Crippen molar-refractivity contribution in [2.45, 2.75) is 13.0 Å². The van der Waals surface area contributed by atoms with E-state index in [9.17, 15) is 0 Å². The van der Waals surface area contributed by atoms with Gasteiger partial charge in [-0.3, -0.25) is 0 Å². The highest BCUT2D eigenvalue weighted by Crippen LogP contribution is 2.23. The topological polar surface area (TPSA) is 21.3 Å². The van der Waals surface area contributed by atoms with E-state index in [-0.39, 0.29) is 6.04 Å². The van der Waals surface area contributed by atoms with Gasteiger partial charge in [0.1, 0.15) is 12.4 Å². The van der Waals surface area contributed by atoms with Gasteiger partial charge < -0.3 is 10.1 Å². The second kappa shape index (κ2) is 7.17. The van der Waals surface area contributed by atoms with Crippen molar-refractivity contribution in [2.75, 3.05) is 13.2 Å². The summed E-state index contributed by atoms with van der Waals surface area (Å²) in [6.07, 6.45) is 0. The third-order valence-electron chi connectivity index (χ3n) is 2.89. The first-order valence-corrected chi connectivity index (χ1v) is 6.84. The molecule has 0 fully saturated rings. The second-order valence-electron chi connectivity index (χ2n) is 4.26. The molecule has 1 atom stereocenters. The number of likely N-dealkylation sites (N-methyl/N-ethyl adjacent to an activating group) is 1. The molecule has 0 spiro atoms. The fourth-order valence-corrected chi connectivity index (χ4v) is 2.23. The summed E-state index contributed by atoms with van der Waals surface area (Å²) in [4.78, 5) is 0. The van der Waals surface area contributed by atoms with Gasteiger partial charge in [0.15, 0.2) is 0 Å². The first kappa shape index (κ1) is 13.9. The van der Waals surface area contributed by atoms with Crippen molar-refractivity contribution in [1.82, 2.24) is 5.32 Å². The van der Waals surface area contributed by atoms with E-state index in [1.165, 1.54) is 0 Å².